The van der Waals surface area contributed by atoms with Crippen molar-refractivity contribution in [3.8, 4) is 0 Å². The lowest BCUT2D eigenvalue weighted by atomic mass is 10.0. The van der Waals surface area contributed by atoms with E-state index < -0.39 is 0 Å². The Morgan fingerprint density at radius 3 is 2.43 bits per heavy atom. The van der Waals surface area contributed by atoms with Crippen LogP contribution < -0.4 is 0 Å². The fraction of sp³-hybridized carbons (Fsp3) is 0.435. The maximum Gasteiger partial charge on any atom is 0.173 e. The van der Waals surface area contributed by atoms with Crippen LogP contribution in [0.25, 0.3) is 0 Å². The Balaban J connectivity index is 1.73. The first kappa shape index (κ1) is 18.8. The van der Waals surface area contributed by atoms with E-state index >= 15 is 0 Å². The van der Waals surface area contributed by atoms with Gasteiger partial charge in [-0.05, 0) is 47.9 Å². The molecule has 0 saturated heterocycles. The van der Waals surface area contributed by atoms with Gasteiger partial charge in [-0.25, -0.2) is 4.68 Å². The van der Waals surface area contributed by atoms with Gasteiger partial charge in [-0.15, -0.1) is 5.10 Å². The molecule has 5 heteroatoms. The Kier molecular flexibility index (Phi) is 5.81. The third-order valence-corrected chi connectivity index (χ3v) is 5.83. The summed E-state index contributed by atoms with van der Waals surface area (Å²) in [5, 5.41) is 13.0. The largest absolute Gasteiger partial charge is 0.286 e. The van der Waals surface area contributed by atoms with E-state index in [0.29, 0.717) is 6.04 Å². The van der Waals surface area contributed by atoms with E-state index in [1.165, 1.54) is 42.4 Å². The van der Waals surface area contributed by atoms with Crippen molar-refractivity contribution in [3.05, 3.63) is 77.1 Å². The highest BCUT2D eigenvalue weighted by atomic mass is 15.6. The summed E-state index contributed by atoms with van der Waals surface area (Å²) in [6.07, 6.45) is 4.87. The van der Waals surface area contributed by atoms with Gasteiger partial charge in [-0.2, -0.15) is 0 Å². The SMILES string of the molecule is CCN(Cc1ccccc1)C(c1ccc(C)cc1)c1nnnn1C1CCCC1. The topological polar surface area (TPSA) is 46.8 Å². The zero-order valence-electron chi connectivity index (χ0n) is 16.8. The van der Waals surface area contributed by atoms with E-state index in [0.717, 1.165) is 18.9 Å². The van der Waals surface area contributed by atoms with Crippen LogP contribution in [0.3, 0.4) is 0 Å². The van der Waals surface area contributed by atoms with Crippen molar-refractivity contribution in [1.82, 2.24) is 25.1 Å². The summed E-state index contributed by atoms with van der Waals surface area (Å²) in [7, 11) is 0. The van der Waals surface area contributed by atoms with E-state index in [-0.39, 0.29) is 6.04 Å². The quantitative estimate of drug-likeness (QED) is 0.600. The third-order valence-electron chi connectivity index (χ3n) is 5.83. The minimum Gasteiger partial charge on any atom is -0.286 e. The van der Waals surface area contributed by atoms with Gasteiger partial charge in [0.2, 0.25) is 0 Å². The van der Waals surface area contributed by atoms with Gasteiger partial charge in [0.1, 0.15) is 0 Å². The second kappa shape index (κ2) is 8.65. The van der Waals surface area contributed by atoms with Crippen LogP contribution in [0.5, 0.6) is 0 Å². The molecule has 3 aromatic rings. The second-order valence-electron chi connectivity index (χ2n) is 7.78. The molecular formula is C23H29N5. The van der Waals surface area contributed by atoms with Crippen LogP contribution in [0.15, 0.2) is 54.6 Å². The van der Waals surface area contributed by atoms with Gasteiger partial charge in [0.25, 0.3) is 0 Å². The van der Waals surface area contributed by atoms with Gasteiger partial charge in [0, 0.05) is 6.54 Å². The van der Waals surface area contributed by atoms with Gasteiger partial charge in [0.05, 0.1) is 12.1 Å². The van der Waals surface area contributed by atoms with Crippen LogP contribution >= 0.6 is 0 Å². The highest BCUT2D eigenvalue weighted by molar-refractivity contribution is 5.29. The van der Waals surface area contributed by atoms with Crippen LogP contribution in [-0.2, 0) is 6.54 Å². The first-order chi connectivity index (χ1) is 13.8. The number of nitrogens with zero attached hydrogens (tertiary/aromatic N) is 5. The molecule has 1 unspecified atom stereocenters. The molecule has 1 aliphatic rings. The number of aromatic nitrogens is 4. The minimum absolute atomic E-state index is 0.0430. The third kappa shape index (κ3) is 3.99. The lowest BCUT2D eigenvalue weighted by Gasteiger charge is -2.31. The first-order valence-electron chi connectivity index (χ1n) is 10.4. The zero-order valence-corrected chi connectivity index (χ0v) is 16.8. The average molecular weight is 376 g/mol. The smallest absolute Gasteiger partial charge is 0.173 e. The Labute approximate surface area is 167 Å². The Bertz CT molecular complexity index is 866. The molecule has 1 saturated carbocycles. The molecule has 0 spiro atoms. The van der Waals surface area contributed by atoms with Crippen molar-refractivity contribution in [2.24, 2.45) is 0 Å². The number of benzene rings is 2. The average Bonchev–Trinajstić information content (AvgIpc) is 3.41. The first-order valence-corrected chi connectivity index (χ1v) is 10.4. The molecule has 0 radical (unpaired) electrons. The molecule has 0 amide bonds. The van der Waals surface area contributed by atoms with Gasteiger partial charge in [-0.1, -0.05) is 79.9 Å². The predicted octanol–water partition coefficient (Wildman–Crippen LogP) is 4.71. The van der Waals surface area contributed by atoms with E-state index in [1.54, 1.807) is 0 Å². The van der Waals surface area contributed by atoms with Gasteiger partial charge < -0.3 is 0 Å². The summed E-state index contributed by atoms with van der Waals surface area (Å²) in [6.45, 7) is 6.13. The Morgan fingerprint density at radius 2 is 1.75 bits per heavy atom. The number of rotatable bonds is 7. The molecule has 1 atom stereocenters. The number of aryl methyl sites for hydroxylation is 1. The van der Waals surface area contributed by atoms with Crippen LogP contribution in [0.1, 0.15) is 67.2 Å². The van der Waals surface area contributed by atoms with Crippen LogP contribution in [0, 0.1) is 6.92 Å². The summed E-state index contributed by atoms with van der Waals surface area (Å²) in [5.41, 5.74) is 3.82. The second-order valence-corrected chi connectivity index (χ2v) is 7.78. The van der Waals surface area contributed by atoms with Crippen LogP contribution in [0.4, 0.5) is 0 Å². The van der Waals surface area contributed by atoms with Gasteiger partial charge in [0.15, 0.2) is 5.82 Å². The molecule has 0 bridgehead atoms. The van der Waals surface area contributed by atoms with E-state index in [2.05, 4.69) is 93.6 Å². The molecule has 5 nitrogen and oxygen atoms in total. The Morgan fingerprint density at radius 1 is 1.04 bits per heavy atom. The molecule has 0 aliphatic heterocycles. The maximum atomic E-state index is 4.53. The summed E-state index contributed by atoms with van der Waals surface area (Å²) >= 11 is 0. The van der Waals surface area contributed by atoms with Crippen molar-refractivity contribution in [1.29, 1.82) is 0 Å². The summed E-state index contributed by atoms with van der Waals surface area (Å²) in [4.78, 5) is 2.47. The van der Waals surface area contributed by atoms with Crippen LogP contribution in [-0.4, -0.2) is 31.7 Å². The standard InChI is InChI=1S/C23H29N5/c1-3-27(17-19-9-5-4-6-10-19)22(20-15-13-18(2)14-16-20)23-24-25-26-28(23)21-11-7-8-12-21/h4-6,9-10,13-16,21-22H,3,7-8,11-12,17H2,1-2H3. The molecule has 4 rings (SSSR count). The highest BCUT2D eigenvalue weighted by Gasteiger charge is 2.30. The van der Waals surface area contributed by atoms with E-state index in [4.69, 9.17) is 0 Å². The van der Waals surface area contributed by atoms with Gasteiger partial charge in [-0.3, -0.25) is 4.90 Å². The van der Waals surface area contributed by atoms with Crippen molar-refractivity contribution < 1.29 is 0 Å². The van der Waals surface area contributed by atoms with Gasteiger partial charge >= 0.3 is 0 Å². The predicted molar refractivity (Wildman–Crippen MR) is 111 cm³/mol. The zero-order chi connectivity index (χ0) is 19.3. The fourth-order valence-electron chi connectivity index (χ4n) is 4.26. The summed E-state index contributed by atoms with van der Waals surface area (Å²) in [5.74, 6) is 0.966. The Hall–Kier alpha value is -2.53. The number of tetrazole rings is 1. The molecule has 1 fully saturated rings. The van der Waals surface area contributed by atoms with E-state index in [9.17, 15) is 0 Å². The van der Waals surface area contributed by atoms with Crippen molar-refractivity contribution in [2.75, 3.05) is 6.54 Å². The molecule has 1 aliphatic carbocycles. The van der Waals surface area contributed by atoms with Crippen LogP contribution in [0.2, 0.25) is 0 Å². The maximum absolute atomic E-state index is 4.53. The normalized spacial score (nSPS) is 16.0. The molecule has 1 heterocycles. The molecule has 28 heavy (non-hydrogen) atoms. The molecule has 146 valence electrons. The lowest BCUT2D eigenvalue weighted by Crippen LogP contribution is -2.32. The molecule has 1 aromatic heterocycles. The van der Waals surface area contributed by atoms with Crippen molar-refractivity contribution in [3.63, 3.8) is 0 Å². The number of hydrogen-bond acceptors (Lipinski definition) is 4. The fourth-order valence-corrected chi connectivity index (χ4v) is 4.26. The van der Waals surface area contributed by atoms with Crippen molar-refractivity contribution in [2.45, 2.75) is 58.2 Å². The van der Waals surface area contributed by atoms with E-state index in [1.807, 2.05) is 0 Å². The molecule has 2 aromatic carbocycles. The van der Waals surface area contributed by atoms with Crippen molar-refractivity contribution >= 4 is 0 Å². The number of hydrogen-bond donors (Lipinski definition) is 0. The highest BCUT2D eigenvalue weighted by Crippen LogP contribution is 2.34. The summed E-state index contributed by atoms with van der Waals surface area (Å²) in [6, 6.07) is 19.9. The lowest BCUT2D eigenvalue weighted by molar-refractivity contribution is 0.211. The molecule has 0 N–H and O–H groups in total. The minimum atomic E-state index is 0.0430. The monoisotopic (exact) mass is 375 g/mol. The summed E-state index contributed by atoms with van der Waals surface area (Å²) < 4.78 is 2.10. The molecular weight excluding hydrogens is 346 g/mol.